The van der Waals surface area contributed by atoms with Gasteiger partial charge in [0.05, 0.1) is 21.1 Å². The molecule has 1 atom stereocenters. The molecule has 1 aromatic carbocycles. The summed E-state index contributed by atoms with van der Waals surface area (Å²) in [4.78, 5) is 27.3. The number of nitrogens with zero attached hydrogens (tertiary/aromatic N) is 1. The van der Waals surface area contributed by atoms with Gasteiger partial charge in [0.2, 0.25) is 11.8 Å². The van der Waals surface area contributed by atoms with E-state index in [-0.39, 0.29) is 37.8 Å². The highest BCUT2D eigenvalue weighted by Gasteiger charge is 2.41. The molecule has 1 aliphatic heterocycles. The van der Waals surface area contributed by atoms with Gasteiger partial charge >= 0.3 is 5.97 Å². The number of hydrogen-bond donors (Lipinski definition) is 1. The van der Waals surface area contributed by atoms with Gasteiger partial charge < -0.3 is 14.7 Å². The van der Waals surface area contributed by atoms with E-state index in [1.54, 1.807) is 11.8 Å². The van der Waals surface area contributed by atoms with Crippen LogP contribution in [0.3, 0.4) is 0 Å². The lowest BCUT2D eigenvalue weighted by Gasteiger charge is -2.41. The molecule has 0 spiro atoms. The number of alkyl halides is 2. The van der Waals surface area contributed by atoms with Crippen LogP contribution in [0.2, 0.25) is 19.6 Å². The normalized spacial score (nSPS) is 20.2. The van der Waals surface area contributed by atoms with Gasteiger partial charge in [-0.1, -0.05) is 24.8 Å². The number of halogens is 2. The predicted molar refractivity (Wildman–Crippen MR) is 122 cm³/mol. The Morgan fingerprint density at radius 3 is 2.31 bits per heavy atom. The van der Waals surface area contributed by atoms with Crippen molar-refractivity contribution < 1.29 is 28.2 Å². The van der Waals surface area contributed by atoms with Crippen molar-refractivity contribution in [2.24, 2.45) is 0 Å². The quantitative estimate of drug-likeness (QED) is 0.527. The van der Waals surface area contributed by atoms with E-state index >= 15 is 0 Å². The summed E-state index contributed by atoms with van der Waals surface area (Å²) in [6.07, 6.45) is -0.980. The number of hydrogen-bond acceptors (Lipinski definition) is 4. The standard InChI is InChI=1S/C24H35F2NO4Si/c1-7-31-23(30)21(29)20-14(2)17-12-19(28)27(16-8-10-24(25,26)11-9-16)13-18(17)15(3)22(20)32(4,5)6/h16,21,29H,7-13H2,1-6H3/t21-/m0/s1. The summed E-state index contributed by atoms with van der Waals surface area (Å²) >= 11 is 0. The predicted octanol–water partition coefficient (Wildman–Crippen LogP) is 3.91. The van der Waals surface area contributed by atoms with Crippen molar-refractivity contribution in [2.75, 3.05) is 6.61 Å². The Bertz CT molecular complexity index is 916. The van der Waals surface area contributed by atoms with Gasteiger partial charge in [0, 0.05) is 25.4 Å². The molecule has 0 radical (unpaired) electrons. The average molecular weight is 468 g/mol. The van der Waals surface area contributed by atoms with Crippen LogP contribution in [0.15, 0.2) is 0 Å². The van der Waals surface area contributed by atoms with E-state index in [0.717, 1.165) is 27.4 Å². The summed E-state index contributed by atoms with van der Waals surface area (Å²) in [5.41, 5.74) is 4.24. The number of fused-ring (bicyclic) bond motifs is 1. The second-order valence-electron chi connectivity index (χ2n) is 10.2. The third-order valence-electron chi connectivity index (χ3n) is 6.96. The van der Waals surface area contributed by atoms with Gasteiger partial charge in [0.15, 0.2) is 6.10 Å². The lowest BCUT2D eigenvalue weighted by molar-refractivity contribution is -0.153. The van der Waals surface area contributed by atoms with Crippen LogP contribution in [-0.4, -0.2) is 48.5 Å². The Morgan fingerprint density at radius 2 is 1.78 bits per heavy atom. The minimum absolute atomic E-state index is 0.0763. The topological polar surface area (TPSA) is 66.8 Å². The van der Waals surface area contributed by atoms with Crippen molar-refractivity contribution in [3.63, 3.8) is 0 Å². The molecule has 0 unspecified atom stereocenters. The Hall–Kier alpha value is -1.80. The summed E-state index contributed by atoms with van der Waals surface area (Å²) in [7, 11) is -2.01. The van der Waals surface area contributed by atoms with Crippen LogP contribution in [0.25, 0.3) is 0 Å². The van der Waals surface area contributed by atoms with E-state index in [2.05, 4.69) is 19.6 Å². The van der Waals surface area contributed by atoms with Gasteiger partial charge in [0.25, 0.3) is 0 Å². The molecule has 0 saturated heterocycles. The zero-order chi connectivity index (χ0) is 24.0. The highest BCUT2D eigenvalue weighted by Crippen LogP contribution is 2.38. The molecular weight excluding hydrogens is 432 g/mol. The number of benzene rings is 1. The molecule has 0 aromatic heterocycles. The van der Waals surface area contributed by atoms with Crippen LogP contribution in [0.4, 0.5) is 8.78 Å². The SMILES string of the molecule is CCOC(=O)[C@@H](O)c1c(C)c2c(c(C)c1[Si](C)(C)C)CN(C1CCC(F)(F)CC1)C(=O)C2. The molecule has 2 aliphatic rings. The first-order valence-electron chi connectivity index (χ1n) is 11.5. The van der Waals surface area contributed by atoms with Gasteiger partial charge in [-0.25, -0.2) is 13.6 Å². The van der Waals surface area contributed by atoms with Crippen molar-refractivity contribution in [3.05, 3.63) is 27.8 Å². The van der Waals surface area contributed by atoms with E-state index in [1.165, 1.54) is 0 Å². The Labute approximate surface area is 190 Å². The molecule has 1 aliphatic carbocycles. The van der Waals surface area contributed by atoms with Crippen LogP contribution in [0, 0.1) is 13.8 Å². The van der Waals surface area contributed by atoms with Gasteiger partial charge in [-0.05, 0) is 61.4 Å². The molecule has 8 heteroatoms. The second kappa shape index (κ2) is 8.86. The smallest absolute Gasteiger partial charge is 0.339 e. The van der Waals surface area contributed by atoms with E-state index in [4.69, 9.17) is 4.74 Å². The molecule has 5 nitrogen and oxygen atoms in total. The van der Waals surface area contributed by atoms with E-state index < -0.39 is 26.1 Å². The van der Waals surface area contributed by atoms with Crippen molar-refractivity contribution in [1.82, 2.24) is 4.90 Å². The maximum atomic E-state index is 13.7. The Morgan fingerprint density at radius 1 is 1.19 bits per heavy atom. The molecule has 1 saturated carbocycles. The molecule has 1 amide bonds. The number of rotatable bonds is 5. The first-order chi connectivity index (χ1) is 14.8. The molecule has 32 heavy (non-hydrogen) atoms. The van der Waals surface area contributed by atoms with Crippen LogP contribution in [0.5, 0.6) is 0 Å². The fraction of sp³-hybridized carbons (Fsp3) is 0.667. The second-order valence-corrected chi connectivity index (χ2v) is 15.2. The summed E-state index contributed by atoms with van der Waals surface area (Å²) in [5, 5.41) is 11.9. The number of aliphatic hydroxyl groups excluding tert-OH is 1. The molecule has 1 heterocycles. The van der Waals surface area contributed by atoms with E-state index in [1.807, 2.05) is 13.8 Å². The van der Waals surface area contributed by atoms with Crippen LogP contribution in [-0.2, 0) is 27.3 Å². The summed E-state index contributed by atoms with van der Waals surface area (Å²) in [6.45, 7) is 12.6. The Balaban J connectivity index is 2.08. The zero-order valence-electron chi connectivity index (χ0n) is 20.0. The molecule has 0 bridgehead atoms. The van der Waals surface area contributed by atoms with Gasteiger partial charge in [0.1, 0.15) is 0 Å². The molecule has 3 rings (SSSR count). The van der Waals surface area contributed by atoms with Crippen LogP contribution in [0.1, 0.15) is 66.5 Å². The summed E-state index contributed by atoms with van der Waals surface area (Å²) in [6, 6.07) is -0.171. The number of ether oxygens (including phenoxy) is 1. The third-order valence-corrected chi connectivity index (χ3v) is 9.10. The maximum absolute atomic E-state index is 13.7. The minimum atomic E-state index is -2.64. The number of esters is 1. The molecule has 1 aromatic rings. The third kappa shape index (κ3) is 4.62. The Kier molecular flexibility index (Phi) is 6.87. The summed E-state index contributed by atoms with van der Waals surface area (Å²) in [5.74, 6) is -3.39. The van der Waals surface area contributed by atoms with Crippen molar-refractivity contribution >= 4 is 25.1 Å². The van der Waals surface area contributed by atoms with Gasteiger partial charge in [-0.2, -0.15) is 0 Å². The molecule has 1 N–H and O–H groups in total. The van der Waals surface area contributed by atoms with Crippen LogP contribution < -0.4 is 5.19 Å². The minimum Gasteiger partial charge on any atom is -0.464 e. The summed E-state index contributed by atoms with van der Waals surface area (Å²) < 4.78 is 32.4. The van der Waals surface area contributed by atoms with Crippen molar-refractivity contribution in [1.29, 1.82) is 0 Å². The fourth-order valence-corrected chi connectivity index (χ4v) is 7.84. The average Bonchev–Trinajstić information content (AvgIpc) is 2.69. The maximum Gasteiger partial charge on any atom is 0.339 e. The lowest BCUT2D eigenvalue weighted by Crippen LogP contribution is -2.50. The molecule has 178 valence electrons. The lowest BCUT2D eigenvalue weighted by atomic mass is 9.84. The van der Waals surface area contributed by atoms with Gasteiger partial charge in [-0.15, -0.1) is 0 Å². The van der Waals surface area contributed by atoms with Crippen molar-refractivity contribution in [3.8, 4) is 0 Å². The highest BCUT2D eigenvalue weighted by atomic mass is 28.3. The number of carbonyl (C=O) groups is 2. The van der Waals surface area contributed by atoms with Gasteiger partial charge in [-0.3, -0.25) is 4.79 Å². The van der Waals surface area contributed by atoms with Crippen molar-refractivity contribution in [2.45, 2.75) is 97.1 Å². The number of carbonyl (C=O) groups excluding carboxylic acids is 2. The van der Waals surface area contributed by atoms with E-state index in [0.29, 0.717) is 24.9 Å². The van der Waals surface area contributed by atoms with E-state index in [9.17, 15) is 23.5 Å². The first kappa shape index (κ1) is 24.8. The zero-order valence-corrected chi connectivity index (χ0v) is 21.0. The number of aliphatic hydroxyl groups is 1. The number of amides is 1. The largest absolute Gasteiger partial charge is 0.464 e. The first-order valence-corrected chi connectivity index (χ1v) is 15.0. The monoisotopic (exact) mass is 467 g/mol. The van der Waals surface area contributed by atoms with Crippen LogP contribution >= 0.6 is 0 Å². The highest BCUT2D eigenvalue weighted by molar-refractivity contribution is 6.89. The molecular formula is C24H35F2NO4Si. The molecule has 1 fully saturated rings. The fourth-order valence-electron chi connectivity index (χ4n) is 5.44.